The molecule has 0 rings (SSSR count). The molecule has 0 aromatic rings. The van der Waals surface area contributed by atoms with Gasteiger partial charge in [-0.3, -0.25) is 125 Å². The molecule has 1 unspecified atom stereocenters. The van der Waals surface area contributed by atoms with Crippen molar-refractivity contribution < 1.29 is 653 Å². The van der Waals surface area contributed by atoms with Crippen LogP contribution in [0.2, 0.25) is 0 Å². The van der Waals surface area contributed by atoms with Crippen LogP contribution < -0.4 is 338 Å². The summed E-state index contributed by atoms with van der Waals surface area (Å²) in [5.41, 5.74) is -42.9. The molecule has 0 spiro atoms. The van der Waals surface area contributed by atoms with Crippen LogP contribution in [0.25, 0.3) is 0 Å². The van der Waals surface area contributed by atoms with Gasteiger partial charge >= 0.3 is 468 Å². The predicted octanol–water partition coefficient (Wildman–Crippen LogP) is -28.6. The van der Waals surface area contributed by atoms with E-state index in [0.717, 1.165) is 0 Å². The van der Waals surface area contributed by atoms with Gasteiger partial charge in [0.25, 0.3) is 0 Å². The standard InChI is InChI=1S/3C10H32N2O24P8.6K/c3*13-37(14,15)7(38(16,17)18)11(8(39(19,20)21)40(22,23)24)5-3-1-2-4-6-12(9(41(25,26)27)42(28,29)30)10(43(31,32)33)44(34,35)36;;;;;;/h3*7-10H,1-6H2,(H2,13,14,15)(H2,16,17,18)(H2,19,20,21)(H2,22,23,24)(H2,25,26,27)(H2,28,29,30)(H2,31,32,33)(H2,34,35,36);;;;;;/q;;;6*+1/p-6. The molecule has 0 amide bonds. The topological polar surface area (TPSA) is 1420 Å². The summed E-state index contributed by atoms with van der Waals surface area (Å²) in [4.78, 5) is 462. The number of hydrogen-bond donors (Lipinski definition) is 42. The molecule has 0 heterocycles. The summed E-state index contributed by atoms with van der Waals surface area (Å²) < 4.78 is 283. The van der Waals surface area contributed by atoms with Crippen molar-refractivity contribution in [2.45, 2.75) is 143 Å². The second kappa shape index (κ2) is 63.6. The third-order valence-corrected chi connectivity index (χ3v) is 58.4. The minimum Gasteiger partial charge on any atom is -0.809 e. The van der Waals surface area contributed by atoms with Gasteiger partial charge in [-0.2, -0.15) is 0 Å². The predicted molar refractivity (Wildman–Crippen MR) is 417 cm³/mol. The summed E-state index contributed by atoms with van der Waals surface area (Å²) >= 11 is 0. The smallest absolute Gasteiger partial charge is 0.809 e. The first-order valence-corrected chi connectivity index (χ1v) is 72.7. The summed E-state index contributed by atoms with van der Waals surface area (Å²) in [5.74, 6) is 0. The van der Waals surface area contributed by atoms with Crippen molar-refractivity contribution in [1.82, 2.24) is 29.4 Å². The maximum Gasteiger partial charge on any atom is 1.00 e. The summed E-state index contributed by atoms with van der Waals surface area (Å²) in [6.07, 6.45) is -7.65. The van der Waals surface area contributed by atoms with Crippen molar-refractivity contribution in [3.63, 3.8) is 0 Å². The third-order valence-electron chi connectivity index (χ3n) is 15.5. The Hall–Kier alpha value is 13.2. The van der Waals surface area contributed by atoms with E-state index in [1.54, 1.807) is 0 Å². The molecule has 0 saturated carbocycles. The van der Waals surface area contributed by atoms with Crippen LogP contribution in [-0.2, 0) is 110 Å². The maximum absolute atomic E-state index is 11.8. The van der Waals surface area contributed by atoms with E-state index in [0.29, 0.717) is 0 Å². The molecule has 42 N–H and O–H groups in total. The molecule has 0 aromatic heterocycles. The van der Waals surface area contributed by atoms with Gasteiger partial charge in [0.15, 0.2) is 0 Å². The maximum atomic E-state index is 11.8. The van der Waals surface area contributed by atoms with Crippen LogP contribution in [0.1, 0.15) is 77.0 Å². The van der Waals surface area contributed by atoms with Crippen LogP contribution >= 0.6 is 182 Å². The molecule has 0 saturated heterocycles. The summed E-state index contributed by atoms with van der Waals surface area (Å²) in [7, 11) is -150. The molecule has 0 aliphatic rings. The van der Waals surface area contributed by atoms with Crippen molar-refractivity contribution in [3.05, 3.63) is 0 Å². The zero-order chi connectivity index (χ0) is 107. The zero-order valence-corrected chi connectivity index (χ0v) is 110. The Kier molecular flexibility index (Phi) is 77.8. The first-order valence-electron chi connectivity index (χ1n) is 32.6. The Bertz CT molecular complexity index is 3770. The van der Waals surface area contributed by atoms with Crippen molar-refractivity contribution in [2.24, 2.45) is 0 Å². The van der Waals surface area contributed by atoms with E-state index in [-0.39, 0.29) is 308 Å². The SMILES string of the molecule is O=P(O)(O)C(N(CCCCCCN(C(P(=O)(O)O)P(=O)(O)O)C(P(=O)(O)O)P(=O)(O)O)C(P(=O)(O)O)P(=O)(O)O)P(=O)(O)O.O=P(O)(O)C(N(CCCCCCN(C(P(=O)(O)O)P(=O)(O)O)C(P(=O)(O)O)P(=O)(O)O)C(P(=O)(O)O)P(=O)(O)O)P(=O)(O)O.O=P([O-])([O-])C(N(CCCCCCN(C(P(=O)(O)O)P(=O)(O)O)C(P(=O)(O)O)P(=O)(O)O)C(P(=O)([O-])[O-])P(=O)(O)O)P(=O)([O-])[O-].[K+].[K+].[K+].[K+].[K+].[K+]. The van der Waals surface area contributed by atoms with Gasteiger partial charge in [-0.25, -0.2) is 0 Å². The van der Waals surface area contributed by atoms with Gasteiger partial charge < -0.3 is 249 Å². The molecule has 0 aliphatic heterocycles. The molecule has 798 valence electrons. The molecule has 108 heteroatoms. The molecule has 0 fully saturated rings. The molecular weight excluding hydrogens is 2570 g/mol. The van der Waals surface area contributed by atoms with Gasteiger partial charge in [0.05, 0.1) is 5.52 Å². The van der Waals surface area contributed by atoms with Gasteiger partial charge in [-0.05, 0) is 61.3 Å². The number of rotatable bonds is 57. The Labute approximate surface area is 1030 Å². The Morgan fingerprint density at radius 1 is 0.123 bits per heavy atom. The molecule has 0 aromatic carbocycles. The Morgan fingerprint density at radius 2 is 0.188 bits per heavy atom. The summed E-state index contributed by atoms with van der Waals surface area (Å²) in [5, 5.41) is 0. The van der Waals surface area contributed by atoms with Gasteiger partial charge in [-0.15, -0.1) is 0 Å². The second-order valence-corrected chi connectivity index (χ2v) is 71.4. The number of unbranched alkanes of at least 4 members (excludes halogenated alkanes) is 9. The first-order chi connectivity index (χ1) is 56.9. The van der Waals surface area contributed by atoms with Crippen molar-refractivity contribution in [2.75, 3.05) is 39.3 Å². The number of hydrogen-bond acceptors (Lipinski definition) is 36. The minimum absolute atomic E-state index is 0. The van der Waals surface area contributed by atoms with Crippen LogP contribution in [0.5, 0.6) is 0 Å². The summed E-state index contributed by atoms with van der Waals surface area (Å²) in [6.45, 7) is -8.01. The van der Waals surface area contributed by atoms with E-state index in [1.807, 2.05) is 0 Å². The zero-order valence-electron chi connectivity index (χ0n) is 70.1. The minimum atomic E-state index is -6.81. The molecule has 78 nitrogen and oxygen atoms in total. The fourth-order valence-electron chi connectivity index (χ4n) is 11.8. The Morgan fingerprint density at radius 3 is 0.246 bits per heavy atom. The van der Waals surface area contributed by atoms with Crippen molar-refractivity contribution >= 4 is 182 Å². The molecule has 0 aliphatic carbocycles. The van der Waals surface area contributed by atoms with E-state index in [2.05, 4.69) is 0 Å². The largest absolute Gasteiger partial charge is 1.00 e. The average molecular weight is 2660 g/mol. The van der Waals surface area contributed by atoms with Crippen LogP contribution in [0.15, 0.2) is 0 Å². The second-order valence-electron chi connectivity index (χ2n) is 26.8. The quantitative estimate of drug-likeness (QED) is 0.0153. The normalized spacial score (nSPS) is 15.0. The molecule has 1 atom stereocenters. The number of nitrogens with zero attached hydrogens (tertiary/aromatic N) is 6. The molecule has 0 radical (unpaired) electrons. The van der Waals surface area contributed by atoms with E-state index in [9.17, 15) is 344 Å². The van der Waals surface area contributed by atoms with E-state index < -0.39 is 394 Å². The average Bonchev–Trinajstić information content (AvgIpc) is 0.785. The third kappa shape index (κ3) is 60.8. The van der Waals surface area contributed by atoms with Crippen molar-refractivity contribution in [1.29, 1.82) is 0 Å². The van der Waals surface area contributed by atoms with E-state index >= 15 is 0 Å². The van der Waals surface area contributed by atoms with Gasteiger partial charge in [0.1, 0.15) is 5.52 Å². The van der Waals surface area contributed by atoms with Crippen LogP contribution in [0, 0.1) is 0 Å². The van der Waals surface area contributed by atoms with Crippen LogP contribution in [0.3, 0.4) is 0 Å². The monoisotopic (exact) mass is 2660 g/mol. The van der Waals surface area contributed by atoms with Gasteiger partial charge in [-0.1, -0.05) is 38.5 Å². The summed E-state index contributed by atoms with van der Waals surface area (Å²) in [6, 6.07) is 0. The fourth-order valence-corrected chi connectivity index (χ4v) is 48.1. The fraction of sp³-hybridized carbons (Fsp3) is 1.00. The van der Waals surface area contributed by atoms with E-state index in [1.165, 1.54) is 0 Å². The van der Waals surface area contributed by atoms with Crippen LogP contribution in [-0.4, -0.2) is 340 Å². The van der Waals surface area contributed by atoms with Gasteiger partial charge in [0.2, 0.25) is 55.2 Å². The molecule has 0 bridgehead atoms. The molecule has 138 heavy (non-hydrogen) atoms. The first kappa shape index (κ1) is 169. The van der Waals surface area contributed by atoms with Crippen LogP contribution in [0.4, 0.5) is 0 Å². The van der Waals surface area contributed by atoms with E-state index in [4.69, 9.17) is 0 Å². The molecular formula is C30H90K6N6O72P24. The van der Waals surface area contributed by atoms with Crippen molar-refractivity contribution in [3.8, 4) is 0 Å². The Balaban J connectivity index is -0.000000253. The van der Waals surface area contributed by atoms with Gasteiger partial charge in [0, 0.05) is 39.3 Å².